The van der Waals surface area contributed by atoms with Crippen LogP contribution in [-0.4, -0.2) is 18.4 Å². The highest BCUT2D eigenvalue weighted by atomic mass is 35.5. The third-order valence-corrected chi connectivity index (χ3v) is 5.14. The minimum Gasteiger partial charge on any atom is -0.356 e. The molecule has 0 atom stereocenters. The van der Waals surface area contributed by atoms with Gasteiger partial charge in [-0.1, -0.05) is 31.0 Å². The fourth-order valence-electron chi connectivity index (χ4n) is 3.07. The van der Waals surface area contributed by atoms with Crippen molar-refractivity contribution in [2.75, 3.05) is 11.9 Å². The minimum absolute atomic E-state index is 0.0234. The Balaban J connectivity index is 1.79. The Kier molecular flexibility index (Phi) is 7.10. The number of anilines is 1. The molecule has 1 aromatic rings. The summed E-state index contributed by atoms with van der Waals surface area (Å²) in [4.78, 5) is 24.5. The first-order valence-corrected chi connectivity index (χ1v) is 9.23. The quantitative estimate of drug-likeness (QED) is 0.751. The van der Waals surface area contributed by atoms with E-state index in [1.807, 2.05) is 19.1 Å². The molecule has 2 N–H and O–H groups in total. The average Bonchev–Trinajstić information content (AvgIpc) is 2.58. The van der Waals surface area contributed by atoms with E-state index in [-0.39, 0.29) is 23.7 Å². The molecule has 1 saturated carbocycles. The number of hydrogen-bond acceptors (Lipinski definition) is 2. The summed E-state index contributed by atoms with van der Waals surface area (Å²) in [6.07, 6.45) is 5.18. The number of hydrogen-bond donors (Lipinski definition) is 2. The van der Waals surface area contributed by atoms with E-state index in [9.17, 15) is 9.59 Å². The summed E-state index contributed by atoms with van der Waals surface area (Å²) >= 11 is 6.09. The number of aryl methyl sites for hydroxylation is 1. The molecule has 1 aliphatic carbocycles. The molecule has 1 aromatic carbocycles. The molecular formula is C19H27ClN2O2. The number of halogens is 1. The van der Waals surface area contributed by atoms with Gasteiger partial charge in [-0.15, -0.1) is 0 Å². The Bertz CT molecular complexity index is 581. The molecule has 0 saturated heterocycles. The summed E-state index contributed by atoms with van der Waals surface area (Å²) in [6, 6.07) is 5.54. The van der Waals surface area contributed by atoms with Gasteiger partial charge in [-0.25, -0.2) is 0 Å². The topological polar surface area (TPSA) is 58.2 Å². The van der Waals surface area contributed by atoms with Gasteiger partial charge in [0.2, 0.25) is 11.8 Å². The molecule has 0 bridgehead atoms. The lowest BCUT2D eigenvalue weighted by atomic mass is 9.81. The molecule has 0 aromatic heterocycles. The van der Waals surface area contributed by atoms with Crippen LogP contribution in [0.3, 0.4) is 0 Å². The lowest BCUT2D eigenvalue weighted by Crippen LogP contribution is -2.35. The molecule has 0 spiro atoms. The number of nitrogens with one attached hydrogen (secondary N) is 2. The highest BCUT2D eigenvalue weighted by molar-refractivity contribution is 6.31. The zero-order valence-corrected chi connectivity index (χ0v) is 15.3. The van der Waals surface area contributed by atoms with E-state index in [1.165, 1.54) is 0 Å². The van der Waals surface area contributed by atoms with Gasteiger partial charge in [0.1, 0.15) is 0 Å². The van der Waals surface area contributed by atoms with Crippen molar-refractivity contribution >= 4 is 29.1 Å². The first-order valence-electron chi connectivity index (χ1n) is 8.86. The fraction of sp³-hybridized carbons (Fsp3) is 0.579. The highest BCUT2D eigenvalue weighted by Gasteiger charge is 2.29. The molecule has 4 nitrogen and oxygen atoms in total. The van der Waals surface area contributed by atoms with E-state index < -0.39 is 0 Å². The van der Waals surface area contributed by atoms with E-state index in [2.05, 4.69) is 17.6 Å². The van der Waals surface area contributed by atoms with Crippen LogP contribution < -0.4 is 10.6 Å². The third-order valence-electron chi connectivity index (χ3n) is 4.74. The van der Waals surface area contributed by atoms with Crippen LogP contribution in [0.1, 0.15) is 51.0 Å². The Morgan fingerprint density at radius 1 is 1.12 bits per heavy atom. The van der Waals surface area contributed by atoms with Gasteiger partial charge in [0.25, 0.3) is 0 Å². The number of benzene rings is 1. The van der Waals surface area contributed by atoms with Gasteiger partial charge in [-0.2, -0.15) is 0 Å². The van der Waals surface area contributed by atoms with Gasteiger partial charge in [0.15, 0.2) is 0 Å². The number of carbonyl (C=O) groups excluding carboxylic acids is 2. The first-order chi connectivity index (χ1) is 11.5. The van der Waals surface area contributed by atoms with E-state index >= 15 is 0 Å². The number of rotatable bonds is 6. The van der Waals surface area contributed by atoms with Crippen LogP contribution in [0.5, 0.6) is 0 Å². The summed E-state index contributed by atoms with van der Waals surface area (Å²) in [5.74, 6) is 0.205. The molecule has 2 amide bonds. The molecule has 132 valence electrons. The van der Waals surface area contributed by atoms with Crippen LogP contribution >= 0.6 is 11.6 Å². The van der Waals surface area contributed by atoms with Crippen LogP contribution in [0, 0.1) is 18.8 Å². The Labute approximate surface area is 149 Å². The van der Waals surface area contributed by atoms with E-state index in [0.717, 1.165) is 56.3 Å². The second-order valence-electron chi connectivity index (χ2n) is 6.65. The van der Waals surface area contributed by atoms with Crippen molar-refractivity contribution in [2.24, 2.45) is 11.8 Å². The van der Waals surface area contributed by atoms with Crippen molar-refractivity contribution < 1.29 is 9.59 Å². The summed E-state index contributed by atoms with van der Waals surface area (Å²) < 4.78 is 0. The lowest BCUT2D eigenvalue weighted by molar-refractivity contribution is -0.128. The monoisotopic (exact) mass is 350 g/mol. The lowest BCUT2D eigenvalue weighted by Gasteiger charge is -2.27. The summed E-state index contributed by atoms with van der Waals surface area (Å²) in [6.45, 7) is 4.79. The van der Waals surface area contributed by atoms with Gasteiger partial charge < -0.3 is 10.6 Å². The molecule has 0 aliphatic heterocycles. The predicted molar refractivity (Wildman–Crippen MR) is 98.2 cm³/mol. The maximum absolute atomic E-state index is 12.4. The van der Waals surface area contributed by atoms with Crippen LogP contribution in [0.25, 0.3) is 0 Å². The van der Waals surface area contributed by atoms with E-state index in [0.29, 0.717) is 5.02 Å². The number of amides is 2. The maximum Gasteiger partial charge on any atom is 0.227 e. The zero-order valence-electron chi connectivity index (χ0n) is 14.5. The molecule has 0 heterocycles. The van der Waals surface area contributed by atoms with Gasteiger partial charge >= 0.3 is 0 Å². The van der Waals surface area contributed by atoms with E-state index in [4.69, 9.17) is 11.6 Å². The standard InChI is InChI=1S/C19H27ClN2O2/c1-3-4-11-21-18(23)14-6-8-15(9-7-14)19(24)22-16-10-5-13(2)17(20)12-16/h5,10,12,14-15H,3-4,6-9,11H2,1-2H3,(H,21,23)(H,22,24). The van der Waals surface area contributed by atoms with Crippen molar-refractivity contribution in [3.63, 3.8) is 0 Å². The van der Waals surface area contributed by atoms with Crippen LogP contribution in [-0.2, 0) is 9.59 Å². The SMILES string of the molecule is CCCCNC(=O)C1CCC(C(=O)Nc2ccc(C)c(Cl)c2)CC1. The predicted octanol–water partition coefficient (Wildman–Crippen LogP) is 4.31. The molecule has 5 heteroatoms. The van der Waals surface area contributed by atoms with Crippen molar-refractivity contribution in [2.45, 2.75) is 52.4 Å². The highest BCUT2D eigenvalue weighted by Crippen LogP contribution is 2.30. The van der Waals surface area contributed by atoms with Crippen molar-refractivity contribution in [1.82, 2.24) is 5.32 Å². The van der Waals surface area contributed by atoms with Crippen LogP contribution in [0.4, 0.5) is 5.69 Å². The summed E-state index contributed by atoms with van der Waals surface area (Å²) in [5, 5.41) is 6.59. The number of carbonyl (C=O) groups is 2. The van der Waals surface area contributed by atoms with E-state index in [1.54, 1.807) is 6.07 Å². The van der Waals surface area contributed by atoms with Crippen LogP contribution in [0.15, 0.2) is 18.2 Å². The van der Waals surface area contributed by atoms with Crippen molar-refractivity contribution in [3.8, 4) is 0 Å². The zero-order chi connectivity index (χ0) is 17.5. The molecular weight excluding hydrogens is 324 g/mol. The smallest absolute Gasteiger partial charge is 0.227 e. The molecule has 0 radical (unpaired) electrons. The Morgan fingerprint density at radius 2 is 1.75 bits per heavy atom. The first kappa shape index (κ1) is 18.8. The van der Waals surface area contributed by atoms with Gasteiger partial charge in [0.05, 0.1) is 0 Å². The average molecular weight is 351 g/mol. The number of unbranched alkanes of at least 4 members (excludes halogenated alkanes) is 1. The van der Waals surface area contributed by atoms with Gasteiger partial charge in [-0.3, -0.25) is 9.59 Å². The normalized spacial score (nSPS) is 20.5. The Hall–Kier alpha value is -1.55. The molecule has 24 heavy (non-hydrogen) atoms. The largest absolute Gasteiger partial charge is 0.356 e. The summed E-state index contributed by atoms with van der Waals surface area (Å²) in [7, 11) is 0. The fourth-order valence-corrected chi connectivity index (χ4v) is 3.25. The molecule has 1 aliphatic rings. The second-order valence-corrected chi connectivity index (χ2v) is 7.05. The minimum atomic E-state index is -0.0234. The molecule has 1 fully saturated rings. The third kappa shape index (κ3) is 5.23. The Morgan fingerprint density at radius 3 is 2.33 bits per heavy atom. The summed E-state index contributed by atoms with van der Waals surface area (Å²) in [5.41, 5.74) is 1.72. The van der Waals surface area contributed by atoms with Crippen molar-refractivity contribution in [1.29, 1.82) is 0 Å². The molecule has 2 rings (SSSR count). The van der Waals surface area contributed by atoms with Gasteiger partial charge in [0, 0.05) is 29.1 Å². The maximum atomic E-state index is 12.4. The van der Waals surface area contributed by atoms with Gasteiger partial charge in [-0.05, 0) is 56.7 Å². The van der Waals surface area contributed by atoms with Crippen molar-refractivity contribution in [3.05, 3.63) is 28.8 Å². The van der Waals surface area contributed by atoms with Crippen LogP contribution in [0.2, 0.25) is 5.02 Å². The second kappa shape index (κ2) is 9.07. The molecule has 0 unspecified atom stereocenters.